The van der Waals surface area contributed by atoms with Gasteiger partial charge < -0.3 is 10.1 Å². The predicted octanol–water partition coefficient (Wildman–Crippen LogP) is 7.53. The molecule has 1 amide bonds. The standard InChI is InChI=1S/C24H17BrCl2N2O2S/c1-14-19(27)3-2-4-20(14)28-24-29-23(30)22(32-24)12-16-7-10-21(18(25)11-16)31-13-15-5-8-17(26)9-6-15/h2-12H,13H2,1H3,(H,28,29,30)/b22-12+. The number of carbonyl (C=O) groups is 1. The quantitative estimate of drug-likeness (QED) is 0.336. The minimum absolute atomic E-state index is 0.187. The number of ether oxygens (including phenoxy) is 1. The summed E-state index contributed by atoms with van der Waals surface area (Å²) in [6, 6.07) is 18.7. The first-order valence-electron chi connectivity index (χ1n) is 9.60. The second-order valence-electron chi connectivity index (χ2n) is 6.97. The van der Waals surface area contributed by atoms with Gasteiger partial charge in [0, 0.05) is 10.0 Å². The zero-order chi connectivity index (χ0) is 22.7. The molecular weight excluding hydrogens is 531 g/mol. The number of hydrogen-bond acceptors (Lipinski definition) is 4. The molecule has 1 fully saturated rings. The minimum Gasteiger partial charge on any atom is -0.488 e. The molecule has 1 saturated heterocycles. The molecule has 32 heavy (non-hydrogen) atoms. The van der Waals surface area contributed by atoms with Gasteiger partial charge in [-0.2, -0.15) is 0 Å². The van der Waals surface area contributed by atoms with Crippen LogP contribution in [0.25, 0.3) is 6.08 Å². The summed E-state index contributed by atoms with van der Waals surface area (Å²) in [5.74, 6) is 0.525. The molecule has 3 aromatic carbocycles. The average Bonchev–Trinajstić information content (AvgIpc) is 3.10. The van der Waals surface area contributed by atoms with Crippen LogP contribution in [-0.4, -0.2) is 11.1 Å². The van der Waals surface area contributed by atoms with Gasteiger partial charge in [-0.05, 0) is 93.8 Å². The molecule has 1 aliphatic rings. The number of benzene rings is 3. The number of carbonyl (C=O) groups excluding carboxylic acids is 1. The van der Waals surface area contributed by atoms with E-state index in [0.29, 0.717) is 32.5 Å². The number of rotatable bonds is 5. The summed E-state index contributed by atoms with van der Waals surface area (Å²) in [5, 5.41) is 4.66. The molecule has 1 N–H and O–H groups in total. The van der Waals surface area contributed by atoms with E-state index in [9.17, 15) is 4.79 Å². The smallest absolute Gasteiger partial charge is 0.264 e. The number of hydrogen-bond donors (Lipinski definition) is 1. The molecule has 4 rings (SSSR count). The van der Waals surface area contributed by atoms with Crippen LogP contribution in [0.1, 0.15) is 16.7 Å². The van der Waals surface area contributed by atoms with Crippen LogP contribution in [0.4, 0.5) is 5.69 Å². The third kappa shape index (κ3) is 5.56. The maximum atomic E-state index is 12.4. The highest BCUT2D eigenvalue weighted by Crippen LogP contribution is 2.33. The van der Waals surface area contributed by atoms with Crippen LogP contribution in [0, 0.1) is 6.92 Å². The lowest BCUT2D eigenvalue weighted by Gasteiger charge is -2.09. The van der Waals surface area contributed by atoms with Crippen molar-refractivity contribution in [3.05, 3.63) is 96.8 Å². The Morgan fingerprint density at radius 2 is 1.91 bits per heavy atom. The maximum absolute atomic E-state index is 12.4. The summed E-state index contributed by atoms with van der Waals surface area (Å²) >= 11 is 16.9. The molecule has 4 nitrogen and oxygen atoms in total. The highest BCUT2D eigenvalue weighted by molar-refractivity contribution is 9.10. The van der Waals surface area contributed by atoms with Gasteiger partial charge in [-0.15, -0.1) is 0 Å². The van der Waals surface area contributed by atoms with E-state index in [1.807, 2.05) is 73.7 Å². The molecule has 0 spiro atoms. The third-order valence-electron chi connectivity index (χ3n) is 4.67. The van der Waals surface area contributed by atoms with Gasteiger partial charge in [0.15, 0.2) is 5.17 Å². The zero-order valence-corrected chi connectivity index (χ0v) is 20.8. The van der Waals surface area contributed by atoms with Gasteiger partial charge in [0.2, 0.25) is 0 Å². The second-order valence-corrected chi connectivity index (χ2v) is 9.70. The lowest BCUT2D eigenvalue weighted by molar-refractivity contribution is -0.115. The lowest BCUT2D eigenvalue weighted by Crippen LogP contribution is -2.19. The van der Waals surface area contributed by atoms with Gasteiger partial charge in [0.1, 0.15) is 12.4 Å². The molecule has 1 aliphatic heterocycles. The lowest BCUT2D eigenvalue weighted by atomic mass is 10.2. The van der Waals surface area contributed by atoms with E-state index in [4.69, 9.17) is 27.9 Å². The summed E-state index contributed by atoms with van der Waals surface area (Å²) < 4.78 is 6.69. The molecular formula is C24H17BrCl2N2O2S. The molecule has 0 aromatic heterocycles. The zero-order valence-electron chi connectivity index (χ0n) is 16.9. The van der Waals surface area contributed by atoms with Crippen LogP contribution < -0.4 is 10.1 Å². The summed E-state index contributed by atoms with van der Waals surface area (Å²) in [6.45, 7) is 2.32. The number of thioether (sulfide) groups is 1. The van der Waals surface area contributed by atoms with Crippen molar-refractivity contribution in [1.82, 2.24) is 5.32 Å². The van der Waals surface area contributed by atoms with E-state index >= 15 is 0 Å². The van der Waals surface area contributed by atoms with E-state index in [2.05, 4.69) is 26.2 Å². The molecule has 0 unspecified atom stereocenters. The Morgan fingerprint density at radius 1 is 1.12 bits per heavy atom. The number of nitrogens with one attached hydrogen (secondary N) is 1. The predicted molar refractivity (Wildman–Crippen MR) is 137 cm³/mol. The summed E-state index contributed by atoms with van der Waals surface area (Å²) in [7, 11) is 0. The van der Waals surface area contributed by atoms with Crippen LogP contribution >= 0.6 is 50.9 Å². The molecule has 0 radical (unpaired) electrons. The van der Waals surface area contributed by atoms with Crippen molar-refractivity contribution in [2.24, 2.45) is 4.99 Å². The largest absolute Gasteiger partial charge is 0.488 e. The summed E-state index contributed by atoms with van der Waals surface area (Å²) in [4.78, 5) is 17.5. The second kappa shape index (κ2) is 10.1. The van der Waals surface area contributed by atoms with Gasteiger partial charge in [-0.1, -0.05) is 47.5 Å². The Labute approximate surface area is 208 Å². The molecule has 3 aromatic rings. The number of halogens is 3. The van der Waals surface area contributed by atoms with Crippen LogP contribution in [0.2, 0.25) is 10.0 Å². The number of amidine groups is 1. The fourth-order valence-corrected chi connectivity index (χ4v) is 4.57. The summed E-state index contributed by atoms with van der Waals surface area (Å²) in [6.07, 6.45) is 1.82. The number of aliphatic imine (C=N–C) groups is 1. The Balaban J connectivity index is 1.47. The van der Waals surface area contributed by atoms with Crippen molar-refractivity contribution in [3.8, 4) is 5.75 Å². The molecule has 1 heterocycles. The Morgan fingerprint density at radius 3 is 2.66 bits per heavy atom. The minimum atomic E-state index is -0.187. The van der Waals surface area contributed by atoms with Crippen molar-refractivity contribution in [2.75, 3.05) is 0 Å². The van der Waals surface area contributed by atoms with Crippen LogP contribution in [-0.2, 0) is 11.4 Å². The third-order valence-corrected chi connectivity index (χ3v) is 6.86. The van der Waals surface area contributed by atoms with E-state index in [1.54, 1.807) is 0 Å². The van der Waals surface area contributed by atoms with E-state index in [1.165, 1.54) is 11.8 Å². The van der Waals surface area contributed by atoms with Gasteiger partial charge in [0.05, 0.1) is 15.1 Å². The number of nitrogens with zero attached hydrogens (tertiary/aromatic N) is 1. The van der Waals surface area contributed by atoms with Crippen LogP contribution in [0.15, 0.2) is 75.0 Å². The van der Waals surface area contributed by atoms with E-state index in [0.717, 1.165) is 26.9 Å². The normalized spacial score (nSPS) is 15.9. The van der Waals surface area contributed by atoms with Gasteiger partial charge in [-0.25, -0.2) is 4.99 Å². The maximum Gasteiger partial charge on any atom is 0.264 e. The highest BCUT2D eigenvalue weighted by Gasteiger charge is 2.24. The monoisotopic (exact) mass is 546 g/mol. The first-order valence-corrected chi connectivity index (χ1v) is 12.0. The Kier molecular flexibility index (Phi) is 7.26. The molecule has 0 saturated carbocycles. The van der Waals surface area contributed by atoms with Gasteiger partial charge >= 0.3 is 0 Å². The van der Waals surface area contributed by atoms with Gasteiger partial charge in [-0.3, -0.25) is 4.79 Å². The van der Waals surface area contributed by atoms with Gasteiger partial charge in [0.25, 0.3) is 5.91 Å². The van der Waals surface area contributed by atoms with E-state index < -0.39 is 0 Å². The average molecular weight is 548 g/mol. The topological polar surface area (TPSA) is 50.7 Å². The van der Waals surface area contributed by atoms with Crippen LogP contribution in [0.5, 0.6) is 5.75 Å². The van der Waals surface area contributed by atoms with Crippen molar-refractivity contribution < 1.29 is 9.53 Å². The fourth-order valence-electron chi connectivity index (χ4n) is 2.92. The molecule has 8 heteroatoms. The number of amides is 1. The van der Waals surface area contributed by atoms with Crippen molar-refractivity contribution in [1.29, 1.82) is 0 Å². The Hall–Kier alpha value is -2.25. The molecule has 0 aliphatic carbocycles. The van der Waals surface area contributed by atoms with Crippen molar-refractivity contribution in [2.45, 2.75) is 13.5 Å². The molecule has 0 atom stereocenters. The van der Waals surface area contributed by atoms with Crippen molar-refractivity contribution >= 4 is 73.7 Å². The van der Waals surface area contributed by atoms with Crippen molar-refractivity contribution in [3.63, 3.8) is 0 Å². The SMILES string of the molecule is Cc1c(Cl)cccc1N=C1NC(=O)/C(=C\c2ccc(OCc3ccc(Cl)cc3)c(Br)c2)S1. The highest BCUT2D eigenvalue weighted by atomic mass is 79.9. The summed E-state index contributed by atoms with van der Waals surface area (Å²) in [5.41, 5.74) is 3.49. The van der Waals surface area contributed by atoms with E-state index in [-0.39, 0.29) is 5.91 Å². The first kappa shape index (κ1) is 22.9. The molecule has 0 bridgehead atoms. The fraction of sp³-hybridized carbons (Fsp3) is 0.0833. The van der Waals surface area contributed by atoms with Crippen LogP contribution in [0.3, 0.4) is 0 Å². The first-order chi connectivity index (χ1) is 15.4. The Bertz CT molecular complexity index is 1240. The molecule has 162 valence electrons.